The summed E-state index contributed by atoms with van der Waals surface area (Å²) in [5.41, 5.74) is 7.91. The molecule has 10 heteroatoms. The van der Waals surface area contributed by atoms with E-state index in [1.807, 2.05) is 18.2 Å². The third-order valence-electron chi connectivity index (χ3n) is 5.72. The number of anilines is 1. The maximum Gasteiger partial charge on any atom is 0.254 e. The highest BCUT2D eigenvalue weighted by Crippen LogP contribution is 2.44. The monoisotopic (exact) mass is 514 g/mol. The number of hydrogen-bond acceptors (Lipinski definition) is 8. The Balaban J connectivity index is 1.56. The summed E-state index contributed by atoms with van der Waals surface area (Å²) < 4.78 is 0.669. The third-order valence-corrected chi connectivity index (χ3v) is 6.36. The van der Waals surface area contributed by atoms with E-state index in [2.05, 4.69) is 41.1 Å². The van der Waals surface area contributed by atoms with Gasteiger partial charge in [-0.05, 0) is 77.2 Å². The normalized spacial score (nSPS) is 13.9. The number of aromatic nitrogens is 5. The topological polar surface area (TPSA) is 135 Å². The number of fused-ring (bicyclic) bond motifs is 1. The summed E-state index contributed by atoms with van der Waals surface area (Å²) in [6, 6.07) is 13.9. The van der Waals surface area contributed by atoms with Crippen molar-refractivity contribution in [2.45, 2.75) is 25.4 Å². The second kappa shape index (κ2) is 9.11. The van der Waals surface area contributed by atoms with Crippen LogP contribution in [0.5, 0.6) is 0 Å². The fraction of sp³-hybridized carbons (Fsp3) is 0.208. The number of carbonyl (C=O) groups is 1. The Bertz CT molecular complexity index is 1400. The van der Waals surface area contributed by atoms with E-state index in [1.54, 1.807) is 47.6 Å². The van der Waals surface area contributed by atoms with E-state index in [4.69, 9.17) is 11.0 Å². The average molecular weight is 515 g/mol. The minimum atomic E-state index is -0.307. The van der Waals surface area contributed by atoms with E-state index in [0.29, 0.717) is 32.9 Å². The van der Waals surface area contributed by atoms with E-state index < -0.39 is 0 Å². The first-order valence-corrected chi connectivity index (χ1v) is 11.5. The van der Waals surface area contributed by atoms with Crippen LogP contribution in [0, 0.1) is 17.2 Å². The number of benzene rings is 1. The lowest BCUT2D eigenvalue weighted by Gasteiger charge is -2.31. The molecule has 0 bridgehead atoms. The lowest BCUT2D eigenvalue weighted by atomic mass is 10.0. The summed E-state index contributed by atoms with van der Waals surface area (Å²) in [5.74, 6) is 1.07. The molecule has 4 aromatic rings. The van der Waals surface area contributed by atoms with E-state index in [9.17, 15) is 4.79 Å². The molecule has 0 radical (unpaired) electrons. The molecular formula is C24H19BrN8O. The van der Waals surface area contributed by atoms with Gasteiger partial charge in [-0.3, -0.25) is 4.79 Å². The van der Waals surface area contributed by atoms with E-state index in [1.165, 1.54) is 0 Å². The number of nitrogens with two attached hydrogens (primary N) is 1. The van der Waals surface area contributed by atoms with E-state index in [-0.39, 0.29) is 30.1 Å². The van der Waals surface area contributed by atoms with Gasteiger partial charge in [0.05, 0.1) is 28.3 Å². The molecule has 0 saturated heterocycles. The number of amides is 1. The van der Waals surface area contributed by atoms with E-state index in [0.717, 1.165) is 18.2 Å². The molecule has 1 aliphatic carbocycles. The summed E-state index contributed by atoms with van der Waals surface area (Å²) >= 11 is 3.41. The summed E-state index contributed by atoms with van der Waals surface area (Å²) in [5, 5.41) is 17.9. The summed E-state index contributed by atoms with van der Waals surface area (Å²) in [7, 11) is 0. The van der Waals surface area contributed by atoms with Gasteiger partial charge in [0.25, 0.3) is 5.91 Å². The van der Waals surface area contributed by atoms with Gasteiger partial charge in [0.1, 0.15) is 11.9 Å². The first-order valence-electron chi connectivity index (χ1n) is 10.7. The summed E-state index contributed by atoms with van der Waals surface area (Å²) in [6.07, 6.45) is 5.34. The van der Waals surface area contributed by atoms with Crippen molar-refractivity contribution in [1.29, 1.82) is 5.26 Å². The minimum Gasteiger partial charge on any atom is -0.383 e. The molecule has 0 aliphatic heterocycles. The number of nitrogen functional groups attached to an aromatic ring is 1. The maximum absolute atomic E-state index is 13.9. The number of nitriles is 1. The number of pyridine rings is 1. The van der Waals surface area contributed by atoms with Crippen molar-refractivity contribution in [1.82, 2.24) is 30.0 Å². The fourth-order valence-electron chi connectivity index (χ4n) is 3.92. The predicted octanol–water partition coefficient (Wildman–Crippen LogP) is 3.82. The van der Waals surface area contributed by atoms with Crippen LogP contribution < -0.4 is 5.73 Å². The SMILES string of the molecule is N#Cc1ccc(CN(C(=O)c2ccc3nc(N)c(Br)cc3c2)[C@@H](c2ncccn2)C2CC2)nn1. The Morgan fingerprint density at radius 2 is 1.97 bits per heavy atom. The number of hydrogen-bond donors (Lipinski definition) is 1. The number of nitrogens with zero attached hydrogens (tertiary/aromatic N) is 7. The van der Waals surface area contributed by atoms with Crippen molar-refractivity contribution in [2.75, 3.05) is 5.73 Å². The van der Waals surface area contributed by atoms with Gasteiger partial charge in [0, 0.05) is 23.3 Å². The Kier molecular flexibility index (Phi) is 5.86. The second-order valence-electron chi connectivity index (χ2n) is 8.11. The van der Waals surface area contributed by atoms with Gasteiger partial charge in [-0.1, -0.05) is 0 Å². The Labute approximate surface area is 203 Å². The van der Waals surface area contributed by atoms with E-state index >= 15 is 0 Å². The first-order chi connectivity index (χ1) is 16.5. The van der Waals surface area contributed by atoms with Crippen LogP contribution in [0.25, 0.3) is 10.9 Å². The molecule has 3 aromatic heterocycles. The zero-order valence-electron chi connectivity index (χ0n) is 18.0. The Hall–Kier alpha value is -3.97. The molecule has 0 unspecified atom stereocenters. The van der Waals surface area contributed by atoms with Crippen LogP contribution in [0.15, 0.2) is 59.3 Å². The Morgan fingerprint density at radius 3 is 2.65 bits per heavy atom. The first kappa shape index (κ1) is 21.9. The predicted molar refractivity (Wildman–Crippen MR) is 128 cm³/mol. The highest BCUT2D eigenvalue weighted by atomic mass is 79.9. The number of halogens is 1. The molecule has 1 amide bonds. The van der Waals surface area contributed by atoms with Gasteiger partial charge in [-0.25, -0.2) is 15.0 Å². The largest absolute Gasteiger partial charge is 0.383 e. The summed E-state index contributed by atoms with van der Waals surface area (Å²) in [4.78, 5) is 29.0. The van der Waals surface area contributed by atoms with Crippen LogP contribution in [0.3, 0.4) is 0 Å². The molecule has 1 aliphatic rings. The van der Waals surface area contributed by atoms with Crippen molar-refractivity contribution in [3.8, 4) is 6.07 Å². The third kappa shape index (κ3) is 4.43. The lowest BCUT2D eigenvalue weighted by molar-refractivity contribution is 0.0618. The van der Waals surface area contributed by atoms with Crippen molar-refractivity contribution >= 4 is 38.6 Å². The zero-order chi connectivity index (χ0) is 23.7. The maximum atomic E-state index is 13.9. The highest BCUT2D eigenvalue weighted by molar-refractivity contribution is 9.10. The van der Waals surface area contributed by atoms with Crippen molar-refractivity contribution < 1.29 is 4.79 Å². The standard InChI is InChI=1S/C24H19BrN8O/c25-19-11-16-10-15(4-7-20(16)30-22(19)27)24(34)33(13-18-6-5-17(12-26)31-32-18)21(14-2-3-14)23-28-8-1-9-29-23/h1,4-11,14,21H,2-3,13H2,(H2,27,30)/t21-/m1/s1. The fourth-order valence-corrected chi connectivity index (χ4v) is 4.25. The highest BCUT2D eigenvalue weighted by Gasteiger charge is 2.40. The number of rotatable bonds is 6. The molecule has 5 rings (SSSR count). The molecule has 1 saturated carbocycles. The van der Waals surface area contributed by atoms with Gasteiger partial charge in [-0.2, -0.15) is 10.4 Å². The quantitative estimate of drug-likeness (QED) is 0.410. The second-order valence-corrected chi connectivity index (χ2v) is 8.96. The van der Waals surface area contributed by atoms with Gasteiger partial charge in [0.15, 0.2) is 11.5 Å². The van der Waals surface area contributed by atoms with Gasteiger partial charge < -0.3 is 10.6 Å². The van der Waals surface area contributed by atoms with Crippen molar-refractivity contribution in [2.24, 2.45) is 5.92 Å². The number of carbonyl (C=O) groups excluding carboxylic acids is 1. The smallest absolute Gasteiger partial charge is 0.254 e. The van der Waals surface area contributed by atoms with Gasteiger partial charge in [0.2, 0.25) is 0 Å². The van der Waals surface area contributed by atoms with Gasteiger partial charge >= 0.3 is 0 Å². The van der Waals surface area contributed by atoms with Crippen LogP contribution in [0.2, 0.25) is 0 Å². The molecule has 2 N–H and O–H groups in total. The van der Waals surface area contributed by atoms with Crippen LogP contribution >= 0.6 is 15.9 Å². The van der Waals surface area contributed by atoms with Gasteiger partial charge in [-0.15, -0.1) is 5.10 Å². The molecule has 1 atom stereocenters. The molecule has 1 aromatic carbocycles. The molecule has 3 heterocycles. The molecular weight excluding hydrogens is 496 g/mol. The minimum absolute atomic E-state index is 0.176. The van der Waals surface area contributed by atoms with Crippen molar-refractivity contribution in [3.63, 3.8) is 0 Å². The average Bonchev–Trinajstić information content (AvgIpc) is 3.70. The molecule has 1 fully saturated rings. The van der Waals surface area contributed by atoms with Crippen LogP contribution in [0.1, 0.15) is 46.5 Å². The van der Waals surface area contributed by atoms with Crippen LogP contribution in [-0.4, -0.2) is 36.0 Å². The lowest BCUT2D eigenvalue weighted by Crippen LogP contribution is -2.37. The van der Waals surface area contributed by atoms with Crippen molar-refractivity contribution in [3.05, 3.63) is 82.1 Å². The van der Waals surface area contributed by atoms with Crippen LogP contribution in [-0.2, 0) is 6.54 Å². The molecule has 34 heavy (non-hydrogen) atoms. The Morgan fingerprint density at radius 1 is 1.18 bits per heavy atom. The van der Waals surface area contributed by atoms with Crippen LogP contribution in [0.4, 0.5) is 5.82 Å². The zero-order valence-corrected chi connectivity index (χ0v) is 19.6. The molecule has 168 valence electrons. The summed E-state index contributed by atoms with van der Waals surface area (Å²) in [6.45, 7) is 0.207. The molecule has 9 nitrogen and oxygen atoms in total. The molecule has 0 spiro atoms.